The number of aromatic nitrogens is 4. The second-order valence-corrected chi connectivity index (χ2v) is 10.3. The molecule has 30 heavy (non-hydrogen) atoms. The number of fused-ring (bicyclic) bond motifs is 1. The van der Waals surface area contributed by atoms with E-state index in [0.29, 0.717) is 39.3 Å². The minimum Gasteiger partial charge on any atom is -0.334 e. The summed E-state index contributed by atoms with van der Waals surface area (Å²) in [5.74, 6) is 0. The third-order valence-electron chi connectivity index (χ3n) is 6.01. The number of sulfonamides is 1. The summed E-state index contributed by atoms with van der Waals surface area (Å²) in [4.78, 5) is 18.6. The van der Waals surface area contributed by atoms with Crippen molar-refractivity contribution in [1.29, 1.82) is 0 Å². The van der Waals surface area contributed by atoms with Gasteiger partial charge in [-0.25, -0.2) is 18.1 Å². The molecule has 1 aliphatic heterocycles. The molecule has 1 saturated heterocycles. The summed E-state index contributed by atoms with van der Waals surface area (Å²) in [7, 11) is -3.58. The maximum Gasteiger partial charge on any atom is 0.267 e. The topological polar surface area (TPSA) is 93.3 Å². The minimum atomic E-state index is -3.58. The molecule has 0 amide bonds. The smallest absolute Gasteiger partial charge is 0.267 e. The van der Waals surface area contributed by atoms with E-state index in [1.807, 2.05) is 13.8 Å². The highest BCUT2D eigenvalue weighted by atomic mass is 32.2. The maximum absolute atomic E-state index is 12.9. The normalized spacial score (nSPS) is 18.6. The summed E-state index contributed by atoms with van der Waals surface area (Å²) >= 11 is 0. The first-order chi connectivity index (χ1) is 14.3. The van der Waals surface area contributed by atoms with E-state index in [9.17, 15) is 13.2 Å². The van der Waals surface area contributed by atoms with Crippen molar-refractivity contribution in [3.8, 4) is 0 Å². The third-order valence-corrected chi connectivity index (χ3v) is 7.80. The van der Waals surface area contributed by atoms with Crippen molar-refractivity contribution < 1.29 is 8.42 Å². The number of piperazine rings is 1. The monoisotopic (exact) mass is 434 g/mol. The average molecular weight is 435 g/mol. The molecular weight excluding hydrogens is 404 g/mol. The first-order valence-corrected chi connectivity index (χ1v) is 12.1. The largest absolute Gasteiger partial charge is 0.334 e. The summed E-state index contributed by atoms with van der Waals surface area (Å²) in [6, 6.07) is 1.90. The van der Waals surface area contributed by atoms with Crippen LogP contribution >= 0.6 is 0 Å². The van der Waals surface area contributed by atoms with Crippen LogP contribution in [0.5, 0.6) is 0 Å². The quantitative estimate of drug-likeness (QED) is 0.671. The van der Waals surface area contributed by atoms with E-state index in [4.69, 9.17) is 0 Å². The lowest BCUT2D eigenvalue weighted by molar-refractivity contribution is 0.179. The van der Waals surface area contributed by atoms with E-state index >= 15 is 0 Å². The Bertz CT molecular complexity index is 1050. The molecule has 2 aliphatic rings. The minimum absolute atomic E-state index is 0.0439. The highest BCUT2D eigenvalue weighted by Gasteiger charge is 2.30. The van der Waals surface area contributed by atoms with Crippen molar-refractivity contribution in [2.45, 2.75) is 57.1 Å². The van der Waals surface area contributed by atoms with Gasteiger partial charge < -0.3 is 4.57 Å². The Hall–Kier alpha value is -2.04. The molecule has 164 valence electrons. The third kappa shape index (κ3) is 4.35. The molecule has 1 fully saturated rings. The van der Waals surface area contributed by atoms with Crippen LogP contribution in [0.3, 0.4) is 0 Å². The maximum atomic E-state index is 12.9. The molecule has 2 aromatic heterocycles. The zero-order chi connectivity index (χ0) is 21.3. The molecule has 4 rings (SSSR count). The van der Waals surface area contributed by atoms with E-state index in [-0.39, 0.29) is 16.6 Å². The van der Waals surface area contributed by atoms with Crippen molar-refractivity contribution in [2.24, 2.45) is 0 Å². The first kappa shape index (κ1) is 21.2. The molecule has 0 saturated carbocycles. The van der Waals surface area contributed by atoms with Gasteiger partial charge in [0.1, 0.15) is 0 Å². The molecule has 0 atom stereocenters. The van der Waals surface area contributed by atoms with E-state index in [1.54, 1.807) is 27.8 Å². The fraction of sp³-hybridized carbons (Fsp3) is 0.650. The zero-order valence-electron chi connectivity index (χ0n) is 17.7. The molecule has 9 nitrogen and oxygen atoms in total. The predicted molar refractivity (Wildman–Crippen MR) is 113 cm³/mol. The average Bonchev–Trinajstić information content (AvgIpc) is 3.24. The Morgan fingerprint density at radius 2 is 1.80 bits per heavy atom. The number of nitrogens with zero attached hydrogens (tertiary/aromatic N) is 6. The molecule has 2 aromatic rings. The fourth-order valence-corrected chi connectivity index (χ4v) is 5.40. The van der Waals surface area contributed by atoms with Crippen molar-refractivity contribution in [1.82, 2.24) is 28.5 Å². The molecule has 0 unspecified atom stereocenters. The predicted octanol–water partition coefficient (Wildman–Crippen LogP) is 0.906. The van der Waals surface area contributed by atoms with E-state index in [2.05, 4.69) is 15.0 Å². The lowest BCUT2D eigenvalue weighted by Crippen LogP contribution is -2.49. The molecule has 10 heteroatoms. The van der Waals surface area contributed by atoms with Gasteiger partial charge in [0.05, 0.1) is 18.6 Å². The highest BCUT2D eigenvalue weighted by molar-refractivity contribution is 7.89. The van der Waals surface area contributed by atoms with Crippen molar-refractivity contribution in [3.63, 3.8) is 0 Å². The number of rotatable bonds is 6. The van der Waals surface area contributed by atoms with Gasteiger partial charge in [0.25, 0.3) is 15.6 Å². The van der Waals surface area contributed by atoms with Gasteiger partial charge in [0, 0.05) is 51.0 Å². The SMILES string of the molecule is CC(C)n1cnc(S(=O)(=O)N2CCN(CCn3nc4c(cc3=O)CCCC4)CC2)c1. The van der Waals surface area contributed by atoms with Crippen LogP contribution in [0.2, 0.25) is 0 Å². The van der Waals surface area contributed by atoms with Crippen LogP contribution < -0.4 is 5.56 Å². The van der Waals surface area contributed by atoms with Crippen LogP contribution in [-0.4, -0.2) is 69.7 Å². The molecule has 0 N–H and O–H groups in total. The second-order valence-electron chi connectivity index (χ2n) is 8.38. The van der Waals surface area contributed by atoms with Gasteiger partial charge >= 0.3 is 0 Å². The molecule has 0 spiro atoms. The summed E-state index contributed by atoms with van der Waals surface area (Å²) in [6.07, 6.45) is 7.31. The summed E-state index contributed by atoms with van der Waals surface area (Å²) in [6.45, 7) is 7.28. The van der Waals surface area contributed by atoms with Crippen molar-refractivity contribution >= 4 is 10.0 Å². The number of aryl methyl sites for hydroxylation is 2. The summed E-state index contributed by atoms with van der Waals surface area (Å²) in [5.41, 5.74) is 2.11. The Morgan fingerprint density at radius 3 is 2.50 bits per heavy atom. The number of hydrogen-bond donors (Lipinski definition) is 0. The highest BCUT2D eigenvalue weighted by Crippen LogP contribution is 2.18. The second kappa shape index (κ2) is 8.60. The molecule has 0 aromatic carbocycles. The van der Waals surface area contributed by atoms with E-state index in [0.717, 1.165) is 36.9 Å². The summed E-state index contributed by atoms with van der Waals surface area (Å²) < 4.78 is 30.6. The molecule has 3 heterocycles. The zero-order valence-corrected chi connectivity index (χ0v) is 18.5. The van der Waals surface area contributed by atoms with E-state index < -0.39 is 10.0 Å². The lowest BCUT2D eigenvalue weighted by atomic mass is 9.97. The van der Waals surface area contributed by atoms with Gasteiger partial charge in [-0.1, -0.05) is 0 Å². The van der Waals surface area contributed by atoms with E-state index in [1.165, 1.54) is 4.31 Å². The Balaban J connectivity index is 1.34. The van der Waals surface area contributed by atoms with Gasteiger partial charge in [0.2, 0.25) is 0 Å². The van der Waals surface area contributed by atoms with Gasteiger partial charge in [-0.15, -0.1) is 0 Å². The molecule has 0 bridgehead atoms. The molecular formula is C20H30N6O3S. The molecule has 1 aliphatic carbocycles. The van der Waals surface area contributed by atoms with Gasteiger partial charge in [-0.05, 0) is 45.1 Å². The van der Waals surface area contributed by atoms with Crippen LogP contribution in [0.1, 0.15) is 44.0 Å². The Morgan fingerprint density at radius 1 is 1.07 bits per heavy atom. The standard InChI is InChI=1S/C20H30N6O3S/c1-16(2)24-14-19(21-15-24)30(28,29)25-10-7-23(8-11-25)9-12-26-20(27)13-17-5-3-4-6-18(17)22-26/h13-16H,3-12H2,1-2H3. The van der Waals surface area contributed by atoms with Gasteiger partial charge in [-0.3, -0.25) is 9.69 Å². The number of imidazole rings is 1. The fourth-order valence-electron chi connectivity index (χ4n) is 4.06. The van der Waals surface area contributed by atoms with Gasteiger partial charge in [0.15, 0.2) is 5.03 Å². The summed E-state index contributed by atoms with van der Waals surface area (Å²) in [5, 5.41) is 4.67. The van der Waals surface area contributed by atoms with Crippen LogP contribution in [0, 0.1) is 0 Å². The Kier molecular flexibility index (Phi) is 6.08. The van der Waals surface area contributed by atoms with Crippen molar-refractivity contribution in [2.75, 3.05) is 32.7 Å². The molecule has 0 radical (unpaired) electrons. The van der Waals surface area contributed by atoms with Crippen LogP contribution in [0.25, 0.3) is 0 Å². The Labute approximate surface area is 177 Å². The lowest BCUT2D eigenvalue weighted by Gasteiger charge is -2.33. The van der Waals surface area contributed by atoms with Crippen LogP contribution in [-0.2, 0) is 29.4 Å². The van der Waals surface area contributed by atoms with Gasteiger partial charge in [-0.2, -0.15) is 9.40 Å². The van der Waals surface area contributed by atoms with Crippen molar-refractivity contribution in [3.05, 3.63) is 40.2 Å². The first-order valence-electron chi connectivity index (χ1n) is 10.7. The van der Waals surface area contributed by atoms with Crippen LogP contribution in [0.4, 0.5) is 0 Å². The van der Waals surface area contributed by atoms with Crippen LogP contribution in [0.15, 0.2) is 28.4 Å². The number of hydrogen-bond acceptors (Lipinski definition) is 6.